The van der Waals surface area contributed by atoms with Crippen molar-refractivity contribution in [1.29, 1.82) is 0 Å². The van der Waals surface area contributed by atoms with Gasteiger partial charge in [-0.1, -0.05) is 20.3 Å². The predicted octanol–water partition coefficient (Wildman–Crippen LogP) is 4.64. The summed E-state index contributed by atoms with van der Waals surface area (Å²) in [6, 6.07) is 0.858. The molecular formula is C32H63N9O5Y-2. The summed E-state index contributed by atoms with van der Waals surface area (Å²) in [4.78, 5) is 37.6. The molecule has 3 saturated heterocycles. The fraction of sp³-hybridized carbons (Fsp3) is 0.719. The number of hydrogen-bond donors (Lipinski definition) is 5. The van der Waals surface area contributed by atoms with Gasteiger partial charge in [0.2, 0.25) is 0 Å². The maximum absolute atomic E-state index is 11.8. The number of rotatable bonds is 4. The van der Waals surface area contributed by atoms with Gasteiger partial charge >= 0.3 is 12.2 Å². The molecule has 0 saturated carbocycles. The summed E-state index contributed by atoms with van der Waals surface area (Å²) in [5.41, 5.74) is 20.6. The molecule has 3 aliphatic heterocycles. The van der Waals surface area contributed by atoms with Crippen LogP contribution in [0.25, 0.3) is 11.1 Å². The minimum absolute atomic E-state index is 0. The average molecular weight is 743 g/mol. The molecule has 47 heavy (non-hydrogen) atoms. The molecule has 0 atom stereocenters. The number of ether oxygens (including phenoxy) is 2. The minimum Gasteiger partial charge on any atom is -0.706 e. The van der Waals surface area contributed by atoms with Gasteiger partial charge in [0.25, 0.3) is 0 Å². The molecule has 2 amide bonds. The standard InChI is InChI=1S/C12H23N3O2.C10H17NO3.C7H13N3.C2H6N2.CH4.Y/c1-12(2,3)17-11(16)15-8-4-10(5-9-15)14-7-6-13;1-10(2,3)14-9(13)11-6-4-8(12)5-7-11;8-3-6-10-7-1-4-9-5-2-7;3-1-2-4;;/h6-7,10,14H,4-5,8-9,13H2,1-3H3;4-7H2,1-3H3;3,6-9H,1-2,4-5H2;1-2H,3-4H2;1H4;/q;;-2;;;/b7-6-;;;2-1+;;. The summed E-state index contributed by atoms with van der Waals surface area (Å²) in [6.07, 6.45) is 13.1. The normalized spacial score (nSPS) is 17.4. The van der Waals surface area contributed by atoms with Gasteiger partial charge < -0.3 is 58.2 Å². The Morgan fingerprint density at radius 1 is 0.851 bits per heavy atom. The van der Waals surface area contributed by atoms with Gasteiger partial charge in [0.1, 0.15) is 17.0 Å². The van der Waals surface area contributed by atoms with Crippen molar-refractivity contribution >= 4 is 18.0 Å². The van der Waals surface area contributed by atoms with E-state index in [0.717, 1.165) is 51.9 Å². The van der Waals surface area contributed by atoms with E-state index in [1.807, 2.05) is 41.5 Å². The van der Waals surface area contributed by atoms with Crippen molar-refractivity contribution in [2.24, 2.45) is 17.2 Å². The summed E-state index contributed by atoms with van der Waals surface area (Å²) in [5.74, 6) is 0.227. The van der Waals surface area contributed by atoms with Crippen molar-refractivity contribution in [2.75, 3.05) is 39.3 Å². The Hall–Kier alpha value is -2.71. The zero-order valence-electron chi connectivity index (χ0n) is 28.8. The third-order valence-electron chi connectivity index (χ3n) is 6.34. The second kappa shape index (κ2) is 27.3. The monoisotopic (exact) mass is 742 g/mol. The Kier molecular flexibility index (Phi) is 28.2. The molecule has 0 aromatic carbocycles. The van der Waals surface area contributed by atoms with Crippen molar-refractivity contribution in [1.82, 2.24) is 20.4 Å². The Bertz CT molecular complexity index is 909. The SMILES string of the molecule is C.CC(C)(C)OC(=O)N1CCC(=O)CC1.CC(C)(C)OC(=O)N1CCC(N/C=C\N)CC1.N/C=C/N.[NH-]C=C[N-]C1CCNCC1.[Y]. The number of hydrogen-bond acceptors (Lipinski definition) is 10. The molecule has 1 radical (unpaired) electrons. The van der Waals surface area contributed by atoms with Gasteiger partial charge in [0.05, 0.1) is 0 Å². The average Bonchev–Trinajstić information content (AvgIpc) is 2.99. The molecule has 9 N–H and O–H groups in total. The molecule has 3 rings (SSSR count). The molecule has 3 aliphatic rings. The number of Topliss-reactive ketones (excluding diaryl/α,β-unsaturated/α-hetero) is 1. The van der Waals surface area contributed by atoms with Crippen molar-refractivity contribution in [3.63, 3.8) is 0 Å². The number of amides is 2. The van der Waals surface area contributed by atoms with Gasteiger partial charge in [-0.3, -0.25) is 4.79 Å². The first-order chi connectivity index (χ1) is 21.1. The molecule has 0 aromatic rings. The topological polar surface area (TPSA) is 216 Å². The smallest absolute Gasteiger partial charge is 0.410 e. The zero-order valence-corrected chi connectivity index (χ0v) is 31.6. The second-order valence-corrected chi connectivity index (χ2v) is 12.6. The number of piperidine rings is 3. The molecule has 0 spiro atoms. The van der Waals surface area contributed by atoms with E-state index >= 15 is 0 Å². The van der Waals surface area contributed by atoms with Crippen LogP contribution >= 0.6 is 0 Å². The zero-order chi connectivity index (χ0) is 34.3. The molecule has 0 bridgehead atoms. The van der Waals surface area contributed by atoms with Crippen molar-refractivity contribution in [3.8, 4) is 0 Å². The fourth-order valence-corrected chi connectivity index (χ4v) is 4.13. The Balaban J connectivity index is -0.000000586. The third-order valence-corrected chi connectivity index (χ3v) is 6.34. The van der Waals surface area contributed by atoms with Gasteiger partial charge in [-0.2, -0.15) is 0 Å². The number of nitrogens with zero attached hydrogens (tertiary/aromatic N) is 3. The number of likely N-dealkylation sites (tertiary alicyclic amines) is 2. The van der Waals surface area contributed by atoms with E-state index in [-0.39, 0.29) is 58.1 Å². The van der Waals surface area contributed by atoms with Crippen LogP contribution in [0.4, 0.5) is 9.59 Å². The van der Waals surface area contributed by atoms with Crippen LogP contribution in [0.15, 0.2) is 37.2 Å². The van der Waals surface area contributed by atoms with Crippen LogP contribution in [0.1, 0.15) is 87.5 Å². The molecule has 0 aliphatic carbocycles. The number of nitrogens with one attached hydrogen (secondary N) is 3. The Morgan fingerprint density at radius 2 is 1.30 bits per heavy atom. The van der Waals surface area contributed by atoms with E-state index in [4.69, 9.17) is 32.4 Å². The summed E-state index contributed by atoms with van der Waals surface area (Å²) in [5, 5.41) is 10.6. The Labute approximate surface area is 309 Å². The number of ketones is 1. The van der Waals surface area contributed by atoms with E-state index in [0.29, 0.717) is 38.0 Å². The van der Waals surface area contributed by atoms with Crippen LogP contribution in [-0.2, 0) is 47.0 Å². The van der Waals surface area contributed by atoms with Gasteiger partial charge in [-0.15, -0.1) is 6.04 Å². The molecule has 271 valence electrons. The van der Waals surface area contributed by atoms with Gasteiger partial charge in [-0.05, 0) is 67.5 Å². The van der Waals surface area contributed by atoms with Crippen molar-refractivity contribution in [2.45, 2.75) is 111 Å². The van der Waals surface area contributed by atoms with Crippen LogP contribution < -0.4 is 27.8 Å². The van der Waals surface area contributed by atoms with E-state index in [9.17, 15) is 14.4 Å². The van der Waals surface area contributed by atoms with Crippen molar-refractivity contribution in [3.05, 3.63) is 48.3 Å². The second-order valence-electron chi connectivity index (χ2n) is 12.6. The first kappa shape index (κ1) is 48.7. The number of nitrogens with two attached hydrogens (primary N) is 3. The van der Waals surface area contributed by atoms with Gasteiger partial charge in [0.15, 0.2) is 0 Å². The maximum Gasteiger partial charge on any atom is 0.410 e. The summed E-state index contributed by atoms with van der Waals surface area (Å²) in [7, 11) is 0. The molecule has 15 heteroatoms. The largest absolute Gasteiger partial charge is 0.706 e. The molecule has 0 unspecified atom stereocenters. The quantitative estimate of drug-likeness (QED) is 0.269. The summed E-state index contributed by atoms with van der Waals surface area (Å²) < 4.78 is 10.5. The molecule has 3 fully saturated rings. The number of carbonyl (C=O) groups is 3. The fourth-order valence-electron chi connectivity index (χ4n) is 4.13. The summed E-state index contributed by atoms with van der Waals surface area (Å²) >= 11 is 0. The number of carbonyl (C=O) groups excluding carboxylic acids is 3. The van der Waals surface area contributed by atoms with E-state index in [1.54, 1.807) is 22.2 Å². The van der Waals surface area contributed by atoms with Gasteiger partial charge in [0, 0.05) is 103 Å². The Morgan fingerprint density at radius 3 is 1.68 bits per heavy atom. The van der Waals surface area contributed by atoms with Gasteiger partial charge in [-0.25, -0.2) is 22.0 Å². The van der Waals surface area contributed by atoms with Crippen LogP contribution in [-0.4, -0.2) is 90.3 Å². The van der Waals surface area contributed by atoms with E-state index in [2.05, 4.69) is 16.0 Å². The van der Waals surface area contributed by atoms with Crippen molar-refractivity contribution < 1.29 is 56.6 Å². The molecular weight excluding hydrogens is 679 g/mol. The van der Waals surface area contributed by atoms with Crippen LogP contribution in [0.2, 0.25) is 0 Å². The first-order valence-corrected chi connectivity index (χ1v) is 15.6. The minimum atomic E-state index is -0.460. The van der Waals surface area contributed by atoms with E-state index < -0.39 is 11.2 Å². The van der Waals surface area contributed by atoms with Crippen LogP contribution in [0, 0.1) is 0 Å². The first-order valence-electron chi connectivity index (χ1n) is 15.6. The third kappa shape index (κ3) is 27.0. The summed E-state index contributed by atoms with van der Waals surface area (Å²) in [6.45, 7) is 15.7. The molecule has 14 nitrogen and oxygen atoms in total. The maximum atomic E-state index is 11.8. The van der Waals surface area contributed by atoms with Crippen LogP contribution in [0.5, 0.6) is 0 Å². The molecule has 0 aromatic heterocycles. The van der Waals surface area contributed by atoms with E-state index in [1.165, 1.54) is 24.8 Å². The predicted molar refractivity (Wildman–Crippen MR) is 186 cm³/mol. The molecule has 3 heterocycles. The van der Waals surface area contributed by atoms with Crippen LogP contribution in [0.3, 0.4) is 0 Å².